The van der Waals surface area contributed by atoms with Gasteiger partial charge in [-0.05, 0) is 26.2 Å². The number of rotatable bonds is 9. The first-order valence-corrected chi connectivity index (χ1v) is 6.16. The zero-order valence-electron chi connectivity index (χ0n) is 10.7. The second kappa shape index (κ2) is 11.2. The molecule has 0 atom stereocenters. The maximum atomic E-state index is 11.2. The van der Waals surface area contributed by atoms with Crippen LogP contribution >= 0.6 is 0 Å². The summed E-state index contributed by atoms with van der Waals surface area (Å²) in [5, 5.41) is 0. The largest absolute Gasteiger partial charge is 0.466 e. The average molecular weight is 242 g/mol. The topological polar surface area (TPSA) is 52.6 Å². The van der Waals surface area contributed by atoms with Gasteiger partial charge in [-0.15, -0.1) is 0 Å². The molecule has 0 aliphatic heterocycles. The molecule has 0 amide bonds. The Labute approximate surface area is 103 Å². The SMILES string of the molecule is CC/C=C\CCOC(=O)CCCC(=O)OCC. The zero-order chi connectivity index (χ0) is 12.9. The third-order valence-corrected chi connectivity index (χ3v) is 2.02. The van der Waals surface area contributed by atoms with Crippen LogP contribution in [0.2, 0.25) is 0 Å². The fourth-order valence-electron chi connectivity index (χ4n) is 1.21. The van der Waals surface area contributed by atoms with E-state index in [1.165, 1.54) is 0 Å². The predicted octanol–water partition coefficient (Wildman–Crippen LogP) is 2.62. The highest BCUT2D eigenvalue weighted by Crippen LogP contribution is 2.00. The molecule has 0 saturated carbocycles. The lowest BCUT2D eigenvalue weighted by Gasteiger charge is -2.03. The number of ether oxygens (including phenoxy) is 2. The maximum absolute atomic E-state index is 11.2. The fourth-order valence-corrected chi connectivity index (χ4v) is 1.21. The first-order chi connectivity index (χ1) is 8.20. The van der Waals surface area contributed by atoms with E-state index in [-0.39, 0.29) is 24.8 Å². The lowest BCUT2D eigenvalue weighted by Crippen LogP contribution is -2.08. The van der Waals surface area contributed by atoms with Gasteiger partial charge in [0.1, 0.15) is 0 Å². The van der Waals surface area contributed by atoms with Crippen molar-refractivity contribution >= 4 is 11.9 Å². The molecular weight excluding hydrogens is 220 g/mol. The van der Waals surface area contributed by atoms with E-state index < -0.39 is 0 Å². The predicted molar refractivity (Wildman–Crippen MR) is 65.5 cm³/mol. The highest BCUT2D eigenvalue weighted by molar-refractivity contribution is 5.72. The lowest BCUT2D eigenvalue weighted by molar-refractivity contribution is -0.145. The quantitative estimate of drug-likeness (QED) is 0.354. The van der Waals surface area contributed by atoms with Crippen molar-refractivity contribution in [2.24, 2.45) is 0 Å². The molecule has 0 spiro atoms. The van der Waals surface area contributed by atoms with Crippen LogP contribution in [-0.4, -0.2) is 25.2 Å². The van der Waals surface area contributed by atoms with Gasteiger partial charge in [-0.3, -0.25) is 9.59 Å². The Morgan fingerprint density at radius 2 is 1.65 bits per heavy atom. The van der Waals surface area contributed by atoms with E-state index in [0.29, 0.717) is 19.6 Å². The number of allylic oxidation sites excluding steroid dienone is 1. The molecule has 0 aliphatic carbocycles. The molecule has 0 fully saturated rings. The number of esters is 2. The van der Waals surface area contributed by atoms with Gasteiger partial charge < -0.3 is 9.47 Å². The summed E-state index contributed by atoms with van der Waals surface area (Å²) in [6.07, 6.45) is 6.81. The molecule has 0 bridgehead atoms. The lowest BCUT2D eigenvalue weighted by atomic mass is 10.2. The van der Waals surface area contributed by atoms with Crippen molar-refractivity contribution in [2.75, 3.05) is 13.2 Å². The third-order valence-electron chi connectivity index (χ3n) is 2.02. The molecule has 4 heteroatoms. The smallest absolute Gasteiger partial charge is 0.305 e. The summed E-state index contributed by atoms with van der Waals surface area (Å²) in [7, 11) is 0. The van der Waals surface area contributed by atoms with Crippen molar-refractivity contribution < 1.29 is 19.1 Å². The van der Waals surface area contributed by atoms with Gasteiger partial charge in [0.25, 0.3) is 0 Å². The van der Waals surface area contributed by atoms with Crippen molar-refractivity contribution in [3.8, 4) is 0 Å². The Morgan fingerprint density at radius 1 is 1.00 bits per heavy atom. The third kappa shape index (κ3) is 11.0. The van der Waals surface area contributed by atoms with E-state index in [4.69, 9.17) is 9.47 Å². The minimum absolute atomic E-state index is 0.251. The van der Waals surface area contributed by atoms with Crippen LogP contribution in [0, 0.1) is 0 Å². The molecule has 0 radical (unpaired) electrons. The standard InChI is InChI=1S/C13H22O4/c1-3-5-6-7-11-17-13(15)10-8-9-12(14)16-4-2/h5-6H,3-4,7-11H2,1-2H3/b6-5-. The second-order valence-corrected chi connectivity index (χ2v) is 3.55. The molecule has 0 N–H and O–H groups in total. The van der Waals surface area contributed by atoms with E-state index in [1.54, 1.807) is 6.92 Å². The van der Waals surface area contributed by atoms with Crippen LogP contribution in [-0.2, 0) is 19.1 Å². The van der Waals surface area contributed by atoms with Gasteiger partial charge in [0.2, 0.25) is 0 Å². The molecule has 0 aliphatic rings. The molecule has 0 saturated heterocycles. The molecule has 0 unspecified atom stereocenters. The van der Waals surface area contributed by atoms with Gasteiger partial charge in [-0.25, -0.2) is 0 Å². The van der Waals surface area contributed by atoms with Crippen LogP contribution in [0.25, 0.3) is 0 Å². The molecule has 0 aromatic heterocycles. The van der Waals surface area contributed by atoms with Gasteiger partial charge in [0, 0.05) is 12.8 Å². The van der Waals surface area contributed by atoms with Crippen molar-refractivity contribution in [3.63, 3.8) is 0 Å². The van der Waals surface area contributed by atoms with Gasteiger partial charge in [-0.2, -0.15) is 0 Å². The highest BCUT2D eigenvalue weighted by atomic mass is 16.5. The van der Waals surface area contributed by atoms with E-state index in [0.717, 1.165) is 12.8 Å². The Balaban J connectivity index is 3.40. The molecule has 98 valence electrons. The summed E-state index contributed by atoms with van der Waals surface area (Å²) in [6, 6.07) is 0. The van der Waals surface area contributed by atoms with Gasteiger partial charge in [0.15, 0.2) is 0 Å². The second-order valence-electron chi connectivity index (χ2n) is 3.55. The number of carbonyl (C=O) groups is 2. The molecule has 0 aromatic rings. The zero-order valence-corrected chi connectivity index (χ0v) is 10.7. The number of hydrogen-bond donors (Lipinski definition) is 0. The molecule has 17 heavy (non-hydrogen) atoms. The Kier molecular flexibility index (Phi) is 10.3. The van der Waals surface area contributed by atoms with Crippen LogP contribution in [0.1, 0.15) is 46.0 Å². The van der Waals surface area contributed by atoms with Crippen molar-refractivity contribution in [3.05, 3.63) is 12.2 Å². The monoisotopic (exact) mass is 242 g/mol. The van der Waals surface area contributed by atoms with E-state index in [1.807, 2.05) is 12.2 Å². The molecule has 0 heterocycles. The van der Waals surface area contributed by atoms with Crippen LogP contribution in [0.3, 0.4) is 0 Å². The minimum Gasteiger partial charge on any atom is -0.466 e. The van der Waals surface area contributed by atoms with E-state index >= 15 is 0 Å². The highest BCUT2D eigenvalue weighted by Gasteiger charge is 2.06. The normalized spacial score (nSPS) is 10.5. The maximum Gasteiger partial charge on any atom is 0.305 e. The summed E-state index contributed by atoms with van der Waals surface area (Å²) in [5.41, 5.74) is 0. The van der Waals surface area contributed by atoms with Gasteiger partial charge in [-0.1, -0.05) is 19.1 Å². The Hall–Kier alpha value is -1.32. The first-order valence-electron chi connectivity index (χ1n) is 6.16. The van der Waals surface area contributed by atoms with Crippen LogP contribution < -0.4 is 0 Å². The summed E-state index contributed by atoms with van der Waals surface area (Å²) in [6.45, 7) is 4.61. The minimum atomic E-state index is -0.258. The molecule has 0 rings (SSSR count). The van der Waals surface area contributed by atoms with Crippen molar-refractivity contribution in [1.29, 1.82) is 0 Å². The van der Waals surface area contributed by atoms with Crippen LogP contribution in [0.4, 0.5) is 0 Å². The van der Waals surface area contributed by atoms with Crippen molar-refractivity contribution in [1.82, 2.24) is 0 Å². The summed E-state index contributed by atoms with van der Waals surface area (Å²) < 4.78 is 9.74. The Bertz CT molecular complexity index is 246. The number of hydrogen-bond acceptors (Lipinski definition) is 4. The molecule has 0 aromatic carbocycles. The van der Waals surface area contributed by atoms with Crippen molar-refractivity contribution in [2.45, 2.75) is 46.0 Å². The Morgan fingerprint density at radius 3 is 2.24 bits per heavy atom. The van der Waals surface area contributed by atoms with Crippen LogP contribution in [0.5, 0.6) is 0 Å². The molecular formula is C13H22O4. The number of carbonyl (C=O) groups excluding carboxylic acids is 2. The van der Waals surface area contributed by atoms with E-state index in [2.05, 4.69) is 6.92 Å². The summed E-state index contributed by atoms with van der Waals surface area (Å²) >= 11 is 0. The summed E-state index contributed by atoms with van der Waals surface area (Å²) in [5.74, 6) is -0.509. The average Bonchev–Trinajstić information content (AvgIpc) is 2.29. The van der Waals surface area contributed by atoms with Crippen LogP contribution in [0.15, 0.2) is 12.2 Å². The first kappa shape index (κ1) is 15.7. The molecule has 4 nitrogen and oxygen atoms in total. The summed E-state index contributed by atoms with van der Waals surface area (Å²) in [4.78, 5) is 22.2. The van der Waals surface area contributed by atoms with Gasteiger partial charge in [0.05, 0.1) is 13.2 Å². The van der Waals surface area contributed by atoms with Gasteiger partial charge >= 0.3 is 11.9 Å². The fraction of sp³-hybridized carbons (Fsp3) is 0.692. The van der Waals surface area contributed by atoms with E-state index in [9.17, 15) is 9.59 Å².